The van der Waals surface area contributed by atoms with Crippen LogP contribution in [0, 0.1) is 24.4 Å². The van der Waals surface area contributed by atoms with Crippen LogP contribution in [-0.4, -0.2) is 47.1 Å². The molecule has 2 aliphatic heterocycles. The Morgan fingerprint density at radius 3 is 2.70 bits per heavy atom. The van der Waals surface area contributed by atoms with Gasteiger partial charge in [-0.05, 0) is 44.7 Å². The molecule has 1 aromatic heterocycles. The third kappa shape index (κ3) is 4.53. The minimum atomic E-state index is -1.11. The van der Waals surface area contributed by atoms with Gasteiger partial charge in [0.15, 0.2) is 11.6 Å². The fourth-order valence-corrected chi connectivity index (χ4v) is 4.82. The van der Waals surface area contributed by atoms with Crippen molar-refractivity contribution in [3.8, 4) is 0 Å². The molecule has 5 nitrogen and oxygen atoms in total. The number of aryl methyl sites for hydroxylation is 1. The predicted octanol–water partition coefficient (Wildman–Crippen LogP) is 3.81. The summed E-state index contributed by atoms with van der Waals surface area (Å²) in [6.07, 6.45) is 3.16. The van der Waals surface area contributed by atoms with Crippen molar-refractivity contribution in [3.05, 3.63) is 51.2 Å². The van der Waals surface area contributed by atoms with Gasteiger partial charge < -0.3 is 10.1 Å². The van der Waals surface area contributed by atoms with E-state index in [1.54, 1.807) is 5.38 Å². The molecule has 0 aliphatic carbocycles. The van der Waals surface area contributed by atoms with E-state index >= 15 is 0 Å². The highest BCUT2D eigenvalue weighted by Crippen LogP contribution is 2.39. The van der Waals surface area contributed by atoms with Crippen molar-refractivity contribution in [2.75, 3.05) is 19.6 Å². The maximum atomic E-state index is 13.9. The lowest BCUT2D eigenvalue weighted by atomic mass is 9.88. The number of ether oxygens (including phenoxy) is 1. The molecule has 4 rings (SSSR count). The van der Waals surface area contributed by atoms with Gasteiger partial charge in [0.1, 0.15) is 11.5 Å². The third-order valence-corrected chi connectivity index (χ3v) is 6.74. The van der Waals surface area contributed by atoms with Gasteiger partial charge >= 0.3 is 0 Å². The molecule has 1 aromatic carbocycles. The molecule has 0 saturated carbocycles. The van der Waals surface area contributed by atoms with Crippen molar-refractivity contribution in [1.82, 2.24) is 15.2 Å². The highest BCUT2D eigenvalue weighted by molar-refractivity contribution is 7.09. The van der Waals surface area contributed by atoms with Gasteiger partial charge in [0.25, 0.3) is 5.91 Å². The van der Waals surface area contributed by atoms with Crippen LogP contribution in [0.3, 0.4) is 0 Å². The first-order valence-electron chi connectivity index (χ1n) is 10.1. The summed E-state index contributed by atoms with van der Waals surface area (Å²) in [4.78, 5) is 18.3. The van der Waals surface area contributed by atoms with Gasteiger partial charge in [-0.1, -0.05) is 0 Å². The first-order valence-corrected chi connectivity index (χ1v) is 11.0. The molecule has 0 unspecified atom stereocenters. The minimum absolute atomic E-state index is 0.0397. The van der Waals surface area contributed by atoms with Crippen molar-refractivity contribution < 1.29 is 22.7 Å². The number of aromatic nitrogens is 1. The molecular weight excluding hydrogens is 415 g/mol. The van der Waals surface area contributed by atoms with Gasteiger partial charge in [-0.3, -0.25) is 9.69 Å². The van der Waals surface area contributed by atoms with E-state index in [0.29, 0.717) is 25.3 Å². The van der Waals surface area contributed by atoms with Crippen LogP contribution in [0.5, 0.6) is 0 Å². The lowest BCUT2D eigenvalue weighted by molar-refractivity contribution is -0.0766. The van der Waals surface area contributed by atoms with Gasteiger partial charge in [-0.2, -0.15) is 0 Å². The zero-order chi connectivity index (χ0) is 21.3. The van der Waals surface area contributed by atoms with Crippen molar-refractivity contribution in [3.63, 3.8) is 0 Å². The molecule has 3 heterocycles. The van der Waals surface area contributed by atoms with Crippen LogP contribution in [0.15, 0.2) is 17.5 Å². The Morgan fingerprint density at radius 1 is 1.27 bits per heavy atom. The topological polar surface area (TPSA) is 54.5 Å². The summed E-state index contributed by atoms with van der Waals surface area (Å²) in [6, 6.07) is 1.77. The Balaban J connectivity index is 1.27. The molecule has 162 valence electrons. The number of hydrogen-bond donors (Lipinski definition) is 1. The first kappa shape index (κ1) is 21.3. The van der Waals surface area contributed by atoms with E-state index in [1.807, 2.05) is 11.8 Å². The van der Waals surface area contributed by atoms with Crippen LogP contribution in [0.4, 0.5) is 13.2 Å². The summed E-state index contributed by atoms with van der Waals surface area (Å²) >= 11 is 1.44. The summed E-state index contributed by atoms with van der Waals surface area (Å²) in [5.41, 5.74) is -0.0613. The molecule has 1 N–H and O–H groups in total. The number of halogens is 3. The number of piperidine rings is 1. The van der Waals surface area contributed by atoms with E-state index in [1.165, 1.54) is 11.3 Å². The summed E-state index contributed by atoms with van der Waals surface area (Å²) in [5.74, 6) is -3.06. The predicted molar refractivity (Wildman–Crippen MR) is 107 cm³/mol. The lowest BCUT2D eigenvalue weighted by Crippen LogP contribution is -2.45. The zero-order valence-electron chi connectivity index (χ0n) is 16.7. The van der Waals surface area contributed by atoms with Crippen LogP contribution < -0.4 is 5.32 Å². The van der Waals surface area contributed by atoms with Crippen molar-refractivity contribution >= 4 is 17.2 Å². The standard InChI is InChI=1S/C21H24F3N3O2S/c1-13-26-18(12-30-13)20(28)25-10-14-4-5-21(29-14)6-8-27(9-7-21)11-15-16(22)2-3-17(23)19(15)24/h2-3,12,14H,4-11H2,1H3,(H,25,28)/t14-/m1/s1. The van der Waals surface area contributed by atoms with Crippen LogP contribution in [0.25, 0.3) is 0 Å². The molecule has 1 atom stereocenters. The Kier molecular flexibility index (Phi) is 6.13. The van der Waals surface area contributed by atoms with Crippen molar-refractivity contribution in [2.24, 2.45) is 0 Å². The number of benzene rings is 1. The minimum Gasteiger partial charge on any atom is -0.370 e. The summed E-state index contributed by atoms with van der Waals surface area (Å²) < 4.78 is 47.5. The van der Waals surface area contributed by atoms with E-state index in [9.17, 15) is 18.0 Å². The lowest BCUT2D eigenvalue weighted by Gasteiger charge is -2.39. The average Bonchev–Trinajstić information content (AvgIpc) is 3.35. The Labute approximate surface area is 177 Å². The second kappa shape index (κ2) is 8.64. The quantitative estimate of drug-likeness (QED) is 0.720. The van der Waals surface area contributed by atoms with Crippen molar-refractivity contribution in [1.29, 1.82) is 0 Å². The number of likely N-dealkylation sites (tertiary alicyclic amines) is 1. The van der Waals surface area contributed by atoms with Gasteiger partial charge in [-0.25, -0.2) is 18.2 Å². The molecule has 1 amide bonds. The summed E-state index contributed by atoms with van der Waals surface area (Å²) in [5, 5.41) is 5.47. The van der Waals surface area contributed by atoms with Gasteiger partial charge in [0, 0.05) is 37.1 Å². The van der Waals surface area contributed by atoms with Gasteiger partial charge in [-0.15, -0.1) is 11.3 Å². The maximum absolute atomic E-state index is 13.9. The molecule has 2 aromatic rings. The number of nitrogens with zero attached hydrogens (tertiary/aromatic N) is 2. The van der Waals surface area contributed by atoms with E-state index in [2.05, 4.69) is 10.3 Å². The van der Waals surface area contributed by atoms with Gasteiger partial charge in [0.05, 0.1) is 16.7 Å². The molecule has 2 saturated heterocycles. The summed E-state index contributed by atoms with van der Waals surface area (Å²) in [7, 11) is 0. The fraction of sp³-hybridized carbons (Fsp3) is 0.524. The van der Waals surface area contributed by atoms with E-state index in [-0.39, 0.29) is 29.7 Å². The Bertz CT molecular complexity index is 928. The Morgan fingerprint density at radius 2 is 2.00 bits per heavy atom. The van der Waals surface area contributed by atoms with Crippen molar-refractivity contribution in [2.45, 2.75) is 50.9 Å². The molecule has 9 heteroatoms. The van der Waals surface area contributed by atoms with Crippen LogP contribution >= 0.6 is 11.3 Å². The number of rotatable bonds is 5. The molecule has 30 heavy (non-hydrogen) atoms. The van der Waals surface area contributed by atoms with E-state index in [4.69, 9.17) is 4.74 Å². The molecular formula is C21H24F3N3O2S. The number of carbonyl (C=O) groups excluding carboxylic acids is 1. The van der Waals surface area contributed by atoms with Crippen LogP contribution in [0.1, 0.15) is 46.7 Å². The average molecular weight is 440 g/mol. The van der Waals surface area contributed by atoms with Gasteiger partial charge in [0.2, 0.25) is 0 Å². The number of amides is 1. The molecule has 2 fully saturated rings. The van der Waals surface area contributed by atoms with Crippen LogP contribution in [0.2, 0.25) is 0 Å². The monoisotopic (exact) mass is 439 g/mol. The maximum Gasteiger partial charge on any atom is 0.270 e. The van der Waals surface area contributed by atoms with Crippen LogP contribution in [-0.2, 0) is 11.3 Å². The number of carbonyl (C=O) groups is 1. The fourth-order valence-electron chi connectivity index (χ4n) is 4.23. The van der Waals surface area contributed by atoms with E-state index in [0.717, 1.165) is 42.8 Å². The third-order valence-electron chi connectivity index (χ3n) is 5.97. The highest BCUT2D eigenvalue weighted by atomic mass is 32.1. The first-order chi connectivity index (χ1) is 14.3. The SMILES string of the molecule is Cc1nc(C(=O)NC[C@H]2CCC3(CCN(Cc4c(F)ccc(F)c4F)CC3)O2)cs1. The molecule has 2 aliphatic rings. The second-order valence-electron chi connectivity index (χ2n) is 8.02. The Hall–Kier alpha value is -1.97. The molecule has 0 bridgehead atoms. The normalized spacial score (nSPS) is 21.3. The number of nitrogens with one attached hydrogen (secondary N) is 1. The molecule has 0 radical (unpaired) electrons. The number of thiazole rings is 1. The summed E-state index contributed by atoms with van der Waals surface area (Å²) in [6.45, 7) is 3.56. The zero-order valence-corrected chi connectivity index (χ0v) is 17.5. The van der Waals surface area contributed by atoms with E-state index < -0.39 is 17.5 Å². The number of hydrogen-bond acceptors (Lipinski definition) is 5. The smallest absolute Gasteiger partial charge is 0.270 e. The largest absolute Gasteiger partial charge is 0.370 e. The molecule has 1 spiro atoms. The highest BCUT2D eigenvalue weighted by Gasteiger charge is 2.42. The second-order valence-corrected chi connectivity index (χ2v) is 9.08.